The molecule has 0 aliphatic carbocycles. The third kappa shape index (κ3) is 3.25. The Kier molecular flexibility index (Phi) is 4.31. The Balaban J connectivity index is 2.17. The standard InChI is InChI=1S/C15H23ClN2/c1-12(13-7-4-5-8-14(13)16)18-10-6-9-17-15(2,3)11-18/h4-5,7-8,12,17H,6,9-11H2,1-3H3. The zero-order valence-corrected chi connectivity index (χ0v) is 12.3. The number of hydrogen-bond donors (Lipinski definition) is 1. The van der Waals surface area contributed by atoms with Gasteiger partial charge in [0.25, 0.3) is 0 Å². The van der Waals surface area contributed by atoms with Crippen LogP contribution in [0.2, 0.25) is 5.02 Å². The maximum Gasteiger partial charge on any atom is 0.0453 e. The lowest BCUT2D eigenvalue weighted by atomic mass is 10.0. The molecule has 3 heteroatoms. The predicted molar refractivity (Wildman–Crippen MR) is 78.1 cm³/mol. The minimum absolute atomic E-state index is 0.173. The van der Waals surface area contributed by atoms with Crippen molar-refractivity contribution in [2.24, 2.45) is 0 Å². The Labute approximate surface area is 115 Å². The predicted octanol–water partition coefficient (Wildman–Crippen LogP) is 3.47. The SMILES string of the molecule is CC(c1ccccc1Cl)N1CCCNC(C)(C)C1. The molecule has 18 heavy (non-hydrogen) atoms. The highest BCUT2D eigenvalue weighted by molar-refractivity contribution is 6.31. The maximum absolute atomic E-state index is 6.31. The molecule has 1 aliphatic rings. The van der Waals surface area contributed by atoms with E-state index in [9.17, 15) is 0 Å². The first-order valence-electron chi connectivity index (χ1n) is 6.73. The van der Waals surface area contributed by atoms with E-state index in [0.717, 1.165) is 24.7 Å². The van der Waals surface area contributed by atoms with Crippen molar-refractivity contribution in [2.45, 2.75) is 38.8 Å². The van der Waals surface area contributed by atoms with Gasteiger partial charge in [-0.15, -0.1) is 0 Å². The van der Waals surface area contributed by atoms with Gasteiger partial charge in [0, 0.05) is 29.7 Å². The lowest BCUT2D eigenvalue weighted by molar-refractivity contribution is 0.180. The van der Waals surface area contributed by atoms with Crippen molar-refractivity contribution in [3.63, 3.8) is 0 Å². The van der Waals surface area contributed by atoms with Gasteiger partial charge in [-0.2, -0.15) is 0 Å². The summed E-state index contributed by atoms with van der Waals surface area (Å²) in [4.78, 5) is 2.53. The van der Waals surface area contributed by atoms with Gasteiger partial charge in [0.2, 0.25) is 0 Å². The van der Waals surface area contributed by atoms with E-state index < -0.39 is 0 Å². The minimum Gasteiger partial charge on any atom is -0.310 e. The van der Waals surface area contributed by atoms with Crippen molar-refractivity contribution in [3.8, 4) is 0 Å². The van der Waals surface area contributed by atoms with E-state index in [0.29, 0.717) is 6.04 Å². The Hall–Kier alpha value is -0.570. The molecule has 100 valence electrons. The number of nitrogens with zero attached hydrogens (tertiary/aromatic N) is 1. The summed E-state index contributed by atoms with van der Waals surface area (Å²) in [5.74, 6) is 0. The fraction of sp³-hybridized carbons (Fsp3) is 0.600. The molecule has 1 fully saturated rings. The van der Waals surface area contributed by atoms with Crippen LogP contribution in [0.5, 0.6) is 0 Å². The van der Waals surface area contributed by atoms with E-state index in [1.807, 2.05) is 12.1 Å². The smallest absolute Gasteiger partial charge is 0.0453 e. The molecule has 0 spiro atoms. The molecule has 0 bridgehead atoms. The largest absolute Gasteiger partial charge is 0.310 e. The lowest BCUT2D eigenvalue weighted by Crippen LogP contribution is -2.46. The van der Waals surface area contributed by atoms with Crippen molar-refractivity contribution >= 4 is 11.6 Å². The fourth-order valence-corrected chi connectivity index (χ4v) is 2.99. The second kappa shape index (κ2) is 5.60. The summed E-state index contributed by atoms with van der Waals surface area (Å²) in [5.41, 5.74) is 1.41. The minimum atomic E-state index is 0.173. The number of benzene rings is 1. The van der Waals surface area contributed by atoms with Crippen molar-refractivity contribution < 1.29 is 0 Å². The molecule has 1 aromatic rings. The second-order valence-corrected chi connectivity index (χ2v) is 6.24. The number of halogens is 1. The third-order valence-corrected chi connectivity index (χ3v) is 4.07. The second-order valence-electron chi connectivity index (χ2n) is 5.83. The Morgan fingerprint density at radius 2 is 2.06 bits per heavy atom. The van der Waals surface area contributed by atoms with Crippen LogP contribution in [0, 0.1) is 0 Å². The van der Waals surface area contributed by atoms with E-state index in [-0.39, 0.29) is 5.54 Å². The molecule has 0 radical (unpaired) electrons. The summed E-state index contributed by atoms with van der Waals surface area (Å²) in [5, 5.41) is 4.47. The van der Waals surface area contributed by atoms with Gasteiger partial charge < -0.3 is 5.32 Å². The Bertz CT molecular complexity index is 403. The molecule has 1 saturated heterocycles. The molecule has 1 heterocycles. The zero-order valence-electron chi connectivity index (χ0n) is 11.5. The highest BCUT2D eigenvalue weighted by Gasteiger charge is 2.27. The summed E-state index contributed by atoms with van der Waals surface area (Å²) < 4.78 is 0. The van der Waals surface area contributed by atoms with Crippen molar-refractivity contribution in [2.75, 3.05) is 19.6 Å². The van der Waals surface area contributed by atoms with Crippen LogP contribution in [-0.2, 0) is 0 Å². The Morgan fingerprint density at radius 1 is 1.33 bits per heavy atom. The molecule has 0 aromatic heterocycles. The van der Waals surface area contributed by atoms with Crippen LogP contribution < -0.4 is 5.32 Å². The van der Waals surface area contributed by atoms with Crippen LogP contribution in [-0.4, -0.2) is 30.1 Å². The topological polar surface area (TPSA) is 15.3 Å². The summed E-state index contributed by atoms with van der Waals surface area (Å²) >= 11 is 6.31. The summed E-state index contributed by atoms with van der Waals surface area (Å²) in [7, 11) is 0. The van der Waals surface area contributed by atoms with Crippen LogP contribution in [0.25, 0.3) is 0 Å². The lowest BCUT2D eigenvalue weighted by Gasteiger charge is -2.34. The summed E-state index contributed by atoms with van der Waals surface area (Å²) in [6.07, 6.45) is 1.19. The van der Waals surface area contributed by atoms with Gasteiger partial charge in [-0.25, -0.2) is 0 Å². The number of nitrogens with one attached hydrogen (secondary N) is 1. The molecular formula is C15H23ClN2. The summed E-state index contributed by atoms with van der Waals surface area (Å²) in [6.45, 7) is 10.1. The molecule has 1 atom stereocenters. The molecule has 0 amide bonds. The summed E-state index contributed by atoms with van der Waals surface area (Å²) in [6, 6.07) is 8.55. The van der Waals surface area contributed by atoms with E-state index in [2.05, 4.69) is 43.1 Å². The fourth-order valence-electron chi connectivity index (χ4n) is 2.69. The average molecular weight is 267 g/mol. The van der Waals surface area contributed by atoms with Gasteiger partial charge in [-0.05, 0) is 45.4 Å². The maximum atomic E-state index is 6.31. The molecular weight excluding hydrogens is 244 g/mol. The first kappa shape index (κ1) is 13.9. The van der Waals surface area contributed by atoms with Gasteiger partial charge in [0.1, 0.15) is 0 Å². The van der Waals surface area contributed by atoms with Crippen molar-refractivity contribution in [1.29, 1.82) is 0 Å². The van der Waals surface area contributed by atoms with Crippen LogP contribution in [0.1, 0.15) is 38.8 Å². The van der Waals surface area contributed by atoms with Gasteiger partial charge in [0.15, 0.2) is 0 Å². The molecule has 1 aliphatic heterocycles. The quantitative estimate of drug-likeness (QED) is 0.882. The van der Waals surface area contributed by atoms with E-state index in [4.69, 9.17) is 11.6 Å². The van der Waals surface area contributed by atoms with Gasteiger partial charge in [-0.3, -0.25) is 4.90 Å². The molecule has 0 saturated carbocycles. The first-order chi connectivity index (χ1) is 8.49. The van der Waals surface area contributed by atoms with Crippen LogP contribution in [0.4, 0.5) is 0 Å². The van der Waals surface area contributed by atoms with Crippen LogP contribution >= 0.6 is 11.6 Å². The molecule has 1 N–H and O–H groups in total. The monoisotopic (exact) mass is 266 g/mol. The van der Waals surface area contributed by atoms with Crippen molar-refractivity contribution in [1.82, 2.24) is 10.2 Å². The molecule has 1 aromatic carbocycles. The highest BCUT2D eigenvalue weighted by atomic mass is 35.5. The number of hydrogen-bond acceptors (Lipinski definition) is 2. The molecule has 1 unspecified atom stereocenters. The molecule has 2 nitrogen and oxygen atoms in total. The van der Waals surface area contributed by atoms with Gasteiger partial charge in [0.05, 0.1) is 0 Å². The van der Waals surface area contributed by atoms with Crippen molar-refractivity contribution in [3.05, 3.63) is 34.9 Å². The van der Waals surface area contributed by atoms with Crippen LogP contribution in [0.3, 0.4) is 0 Å². The first-order valence-corrected chi connectivity index (χ1v) is 7.11. The molecule has 2 rings (SSSR count). The van der Waals surface area contributed by atoms with Gasteiger partial charge >= 0.3 is 0 Å². The highest BCUT2D eigenvalue weighted by Crippen LogP contribution is 2.28. The van der Waals surface area contributed by atoms with E-state index in [1.165, 1.54) is 12.0 Å². The number of rotatable bonds is 2. The normalized spacial score (nSPS) is 22.4. The third-order valence-electron chi connectivity index (χ3n) is 3.73. The van der Waals surface area contributed by atoms with E-state index >= 15 is 0 Å². The van der Waals surface area contributed by atoms with E-state index in [1.54, 1.807) is 0 Å². The average Bonchev–Trinajstić information content (AvgIpc) is 2.50. The van der Waals surface area contributed by atoms with Gasteiger partial charge in [-0.1, -0.05) is 29.8 Å². The Morgan fingerprint density at radius 3 is 2.78 bits per heavy atom. The van der Waals surface area contributed by atoms with Crippen LogP contribution in [0.15, 0.2) is 24.3 Å². The zero-order chi connectivity index (χ0) is 13.2.